The molecule has 0 saturated carbocycles. The third kappa shape index (κ3) is 2.55. The van der Waals surface area contributed by atoms with Crippen molar-refractivity contribution in [2.24, 2.45) is 5.73 Å². The fourth-order valence-corrected chi connectivity index (χ4v) is 1.70. The molecule has 0 aliphatic rings. The van der Waals surface area contributed by atoms with Crippen molar-refractivity contribution in [1.29, 1.82) is 0 Å². The summed E-state index contributed by atoms with van der Waals surface area (Å²) in [6.07, 6.45) is 0. The van der Waals surface area contributed by atoms with E-state index in [9.17, 15) is 0 Å². The monoisotopic (exact) mass is 273 g/mol. The van der Waals surface area contributed by atoms with E-state index in [1.54, 1.807) is 0 Å². The van der Waals surface area contributed by atoms with Gasteiger partial charge in [0.25, 0.3) is 0 Å². The molecule has 0 saturated heterocycles. The smallest absolute Gasteiger partial charge is 0.151 e. The van der Waals surface area contributed by atoms with Crippen LogP contribution >= 0.6 is 46.4 Å². The molecule has 0 aromatic carbocycles. The molecule has 78 valence electrons. The number of nitrogens with one attached hydrogen (secondary N) is 1. The van der Waals surface area contributed by atoms with Gasteiger partial charge in [-0.3, -0.25) is 0 Å². The second-order valence-electron chi connectivity index (χ2n) is 2.41. The summed E-state index contributed by atoms with van der Waals surface area (Å²) in [4.78, 5) is 3.74. The second kappa shape index (κ2) is 5.24. The molecule has 1 heterocycles. The van der Waals surface area contributed by atoms with Crippen molar-refractivity contribution in [3.8, 4) is 0 Å². The van der Waals surface area contributed by atoms with Crippen molar-refractivity contribution < 1.29 is 0 Å². The minimum atomic E-state index is 0.112. The molecule has 7 heteroatoms. The van der Waals surface area contributed by atoms with Crippen LogP contribution in [0.4, 0.5) is 5.69 Å². The van der Waals surface area contributed by atoms with Crippen LogP contribution in [0.1, 0.15) is 0 Å². The summed E-state index contributed by atoms with van der Waals surface area (Å²) in [5.41, 5.74) is 5.78. The average Bonchev–Trinajstić information content (AvgIpc) is 2.15. The maximum Gasteiger partial charge on any atom is 0.151 e. The Kier molecular flexibility index (Phi) is 4.54. The van der Waals surface area contributed by atoms with Crippen LogP contribution in [-0.4, -0.2) is 18.1 Å². The molecule has 0 amide bonds. The predicted octanol–water partition coefficient (Wildman–Crippen LogP) is 3.07. The summed E-state index contributed by atoms with van der Waals surface area (Å²) in [7, 11) is 0. The van der Waals surface area contributed by atoms with Gasteiger partial charge in [-0.05, 0) is 0 Å². The van der Waals surface area contributed by atoms with Gasteiger partial charge in [-0.1, -0.05) is 46.4 Å². The molecule has 0 aliphatic carbocycles. The van der Waals surface area contributed by atoms with Gasteiger partial charge in [0.05, 0.1) is 5.69 Å². The van der Waals surface area contributed by atoms with Crippen LogP contribution in [0.25, 0.3) is 0 Å². The van der Waals surface area contributed by atoms with Gasteiger partial charge in [0, 0.05) is 13.1 Å². The highest BCUT2D eigenvalue weighted by Gasteiger charge is 2.14. The lowest BCUT2D eigenvalue weighted by Gasteiger charge is -2.10. The first-order chi connectivity index (χ1) is 6.57. The molecular formula is C7H7Cl4N3. The van der Waals surface area contributed by atoms with E-state index in [0.29, 0.717) is 18.8 Å². The van der Waals surface area contributed by atoms with Crippen LogP contribution in [0.2, 0.25) is 20.4 Å². The zero-order valence-corrected chi connectivity index (χ0v) is 9.97. The highest BCUT2D eigenvalue weighted by Crippen LogP contribution is 2.38. The van der Waals surface area contributed by atoms with Gasteiger partial charge in [-0.2, -0.15) is 0 Å². The zero-order valence-electron chi connectivity index (χ0n) is 6.95. The molecule has 1 aromatic heterocycles. The summed E-state index contributed by atoms with van der Waals surface area (Å²) in [5.74, 6) is 0. The van der Waals surface area contributed by atoms with E-state index in [2.05, 4.69) is 10.3 Å². The standard InChI is InChI=1S/C7H7Cl4N3/c8-3-5(13-2-1-12)4(9)7(11)14-6(3)10/h1-2,12H2,(H,13,14). The number of pyridine rings is 1. The van der Waals surface area contributed by atoms with Crippen molar-refractivity contribution in [1.82, 2.24) is 4.98 Å². The number of hydrogen-bond acceptors (Lipinski definition) is 3. The lowest BCUT2D eigenvalue weighted by Crippen LogP contribution is -2.13. The van der Waals surface area contributed by atoms with Gasteiger partial charge in [-0.25, -0.2) is 4.98 Å². The minimum Gasteiger partial charge on any atom is -0.381 e. The number of halogens is 4. The molecule has 3 N–H and O–H groups in total. The Morgan fingerprint density at radius 1 is 1.07 bits per heavy atom. The van der Waals surface area contributed by atoms with E-state index < -0.39 is 0 Å². The summed E-state index contributed by atoms with van der Waals surface area (Å²) < 4.78 is 0. The fraction of sp³-hybridized carbons (Fsp3) is 0.286. The molecule has 0 spiro atoms. The van der Waals surface area contributed by atoms with E-state index in [1.807, 2.05) is 0 Å². The number of hydrogen-bond donors (Lipinski definition) is 2. The summed E-state index contributed by atoms with van der Waals surface area (Å²) in [6.45, 7) is 0.973. The fourth-order valence-electron chi connectivity index (χ4n) is 0.839. The van der Waals surface area contributed by atoms with Crippen molar-refractivity contribution in [3.63, 3.8) is 0 Å². The van der Waals surface area contributed by atoms with Crippen LogP contribution < -0.4 is 11.1 Å². The summed E-state index contributed by atoms with van der Waals surface area (Å²) in [6, 6.07) is 0. The van der Waals surface area contributed by atoms with Gasteiger partial charge in [0.15, 0.2) is 10.3 Å². The number of nitrogens with two attached hydrogens (primary N) is 1. The zero-order chi connectivity index (χ0) is 10.7. The first kappa shape index (κ1) is 12.1. The normalized spacial score (nSPS) is 10.4. The Bertz CT molecular complexity index is 316. The molecule has 0 atom stereocenters. The highest BCUT2D eigenvalue weighted by atomic mass is 35.5. The average molecular weight is 275 g/mol. The molecule has 0 aliphatic heterocycles. The van der Waals surface area contributed by atoms with Gasteiger partial charge >= 0.3 is 0 Å². The summed E-state index contributed by atoms with van der Waals surface area (Å²) >= 11 is 23.2. The Morgan fingerprint density at radius 3 is 2.00 bits per heavy atom. The molecule has 0 unspecified atom stereocenters. The van der Waals surface area contributed by atoms with Crippen molar-refractivity contribution in [2.45, 2.75) is 0 Å². The van der Waals surface area contributed by atoms with E-state index >= 15 is 0 Å². The number of aromatic nitrogens is 1. The Hall–Kier alpha value is 0.0700. The van der Waals surface area contributed by atoms with Crippen LogP contribution in [-0.2, 0) is 0 Å². The second-order valence-corrected chi connectivity index (χ2v) is 3.88. The van der Waals surface area contributed by atoms with Gasteiger partial charge in [0.1, 0.15) is 10.0 Å². The molecule has 1 rings (SSSR count). The van der Waals surface area contributed by atoms with E-state index in [-0.39, 0.29) is 20.4 Å². The molecule has 0 radical (unpaired) electrons. The van der Waals surface area contributed by atoms with E-state index in [0.717, 1.165) is 0 Å². The van der Waals surface area contributed by atoms with Gasteiger partial charge in [-0.15, -0.1) is 0 Å². The molecule has 0 bridgehead atoms. The van der Waals surface area contributed by atoms with E-state index in [4.69, 9.17) is 52.1 Å². The van der Waals surface area contributed by atoms with Crippen LogP contribution in [0.15, 0.2) is 0 Å². The lowest BCUT2D eigenvalue weighted by atomic mass is 10.4. The molecule has 0 fully saturated rings. The van der Waals surface area contributed by atoms with Crippen molar-refractivity contribution in [2.75, 3.05) is 18.4 Å². The maximum atomic E-state index is 5.87. The minimum absolute atomic E-state index is 0.112. The lowest BCUT2D eigenvalue weighted by molar-refractivity contribution is 1.02. The molecule has 14 heavy (non-hydrogen) atoms. The Labute approximate surface area is 101 Å². The van der Waals surface area contributed by atoms with Crippen LogP contribution in [0.5, 0.6) is 0 Å². The predicted molar refractivity (Wildman–Crippen MR) is 61.8 cm³/mol. The number of anilines is 1. The largest absolute Gasteiger partial charge is 0.381 e. The van der Waals surface area contributed by atoms with Crippen molar-refractivity contribution in [3.05, 3.63) is 20.4 Å². The number of rotatable bonds is 3. The van der Waals surface area contributed by atoms with Gasteiger partial charge in [0.2, 0.25) is 0 Å². The van der Waals surface area contributed by atoms with Gasteiger partial charge < -0.3 is 11.1 Å². The molecule has 1 aromatic rings. The maximum absolute atomic E-state index is 5.87. The third-order valence-corrected chi connectivity index (χ3v) is 2.92. The Morgan fingerprint density at radius 2 is 1.57 bits per heavy atom. The van der Waals surface area contributed by atoms with Crippen LogP contribution in [0.3, 0.4) is 0 Å². The molecule has 3 nitrogen and oxygen atoms in total. The molecular weight excluding hydrogens is 268 g/mol. The van der Waals surface area contributed by atoms with Crippen molar-refractivity contribution >= 4 is 52.1 Å². The topological polar surface area (TPSA) is 50.9 Å². The van der Waals surface area contributed by atoms with E-state index in [1.165, 1.54) is 0 Å². The number of nitrogens with zero attached hydrogens (tertiary/aromatic N) is 1. The third-order valence-electron chi connectivity index (χ3n) is 1.44. The SMILES string of the molecule is NCCNc1c(Cl)c(Cl)nc(Cl)c1Cl. The Balaban J connectivity index is 3.11. The first-order valence-corrected chi connectivity index (χ1v) is 5.23. The summed E-state index contributed by atoms with van der Waals surface area (Å²) in [5, 5.41) is 3.63. The quantitative estimate of drug-likeness (QED) is 0.833. The highest BCUT2D eigenvalue weighted by molar-refractivity contribution is 6.48. The first-order valence-electron chi connectivity index (χ1n) is 3.71. The van der Waals surface area contributed by atoms with Crippen LogP contribution in [0, 0.1) is 0 Å².